The summed E-state index contributed by atoms with van der Waals surface area (Å²) in [6.45, 7) is 4.29. The first-order valence-electron chi connectivity index (χ1n) is 9.69. The Balaban J connectivity index is 2.11. The molecule has 0 spiro atoms. The second-order valence-electron chi connectivity index (χ2n) is 6.67. The van der Waals surface area contributed by atoms with Crippen molar-refractivity contribution in [2.45, 2.75) is 90.9 Å². The quantitative estimate of drug-likeness (QED) is 0.307. The van der Waals surface area contributed by atoms with E-state index in [2.05, 4.69) is 25.1 Å². The van der Waals surface area contributed by atoms with Gasteiger partial charge in [-0.2, -0.15) is 0 Å². The lowest BCUT2D eigenvalue weighted by atomic mass is 10.0. The zero-order chi connectivity index (χ0) is 16.8. The summed E-state index contributed by atoms with van der Waals surface area (Å²) >= 11 is 0. The van der Waals surface area contributed by atoms with Crippen LogP contribution in [0.2, 0.25) is 0 Å². The highest BCUT2D eigenvalue weighted by Crippen LogP contribution is 2.21. The first-order valence-corrected chi connectivity index (χ1v) is 9.69. The van der Waals surface area contributed by atoms with Crippen molar-refractivity contribution in [1.82, 2.24) is 0 Å². The maximum atomic E-state index is 9.87. The van der Waals surface area contributed by atoms with Gasteiger partial charge in [0.25, 0.3) is 0 Å². The summed E-state index contributed by atoms with van der Waals surface area (Å²) in [7, 11) is 0. The average Bonchev–Trinajstić information content (AvgIpc) is 2.56. The van der Waals surface area contributed by atoms with E-state index in [9.17, 15) is 5.11 Å². The van der Waals surface area contributed by atoms with Crippen molar-refractivity contribution in [3.05, 3.63) is 41.5 Å². The van der Waals surface area contributed by atoms with Crippen LogP contribution in [0.25, 0.3) is 0 Å². The van der Waals surface area contributed by atoms with Gasteiger partial charge >= 0.3 is 0 Å². The summed E-state index contributed by atoms with van der Waals surface area (Å²) in [5.41, 5.74) is 2.41. The average molecular weight is 317 g/mol. The number of unbranched alkanes of at least 4 members (excludes halogenated alkanes) is 9. The summed E-state index contributed by atoms with van der Waals surface area (Å²) in [5.74, 6) is 0.426. The molecule has 130 valence electrons. The van der Waals surface area contributed by atoms with Crippen LogP contribution < -0.4 is 0 Å². The second kappa shape index (κ2) is 13.2. The summed E-state index contributed by atoms with van der Waals surface area (Å²) in [5, 5.41) is 9.87. The molecule has 0 unspecified atom stereocenters. The van der Waals surface area contributed by atoms with Crippen LogP contribution in [0.3, 0.4) is 0 Å². The van der Waals surface area contributed by atoms with Crippen molar-refractivity contribution in [3.63, 3.8) is 0 Å². The largest absolute Gasteiger partial charge is 0.508 e. The third-order valence-electron chi connectivity index (χ3n) is 4.54. The van der Waals surface area contributed by atoms with Crippen LogP contribution in [0.5, 0.6) is 5.75 Å². The molecule has 1 nitrogen and oxygen atoms in total. The topological polar surface area (TPSA) is 20.2 Å². The molecule has 1 rings (SSSR count). The lowest BCUT2D eigenvalue weighted by Crippen LogP contribution is -1.90. The van der Waals surface area contributed by atoms with E-state index in [4.69, 9.17) is 0 Å². The van der Waals surface area contributed by atoms with Crippen LogP contribution in [0.4, 0.5) is 0 Å². The molecule has 0 aliphatic rings. The number of phenolic OH excluding ortho intramolecular Hbond substituents is 1. The van der Waals surface area contributed by atoms with E-state index < -0.39 is 0 Å². The number of benzene rings is 1. The minimum atomic E-state index is 0.426. The highest BCUT2D eigenvalue weighted by molar-refractivity contribution is 5.37. The minimum absolute atomic E-state index is 0.426. The van der Waals surface area contributed by atoms with E-state index in [1.807, 2.05) is 19.1 Å². The summed E-state index contributed by atoms with van der Waals surface area (Å²) in [6.07, 6.45) is 19.9. The van der Waals surface area contributed by atoms with Gasteiger partial charge in [-0.05, 0) is 43.4 Å². The Morgan fingerprint density at radius 3 is 2.09 bits per heavy atom. The molecule has 0 heterocycles. The van der Waals surface area contributed by atoms with Gasteiger partial charge in [-0.15, -0.1) is 0 Å². The second-order valence-corrected chi connectivity index (χ2v) is 6.67. The molecule has 1 aromatic rings. The molecule has 0 bridgehead atoms. The van der Waals surface area contributed by atoms with Crippen molar-refractivity contribution in [2.24, 2.45) is 0 Å². The predicted molar refractivity (Wildman–Crippen MR) is 102 cm³/mol. The fraction of sp³-hybridized carbons (Fsp3) is 0.636. The molecular weight excluding hydrogens is 280 g/mol. The monoisotopic (exact) mass is 316 g/mol. The van der Waals surface area contributed by atoms with Crippen molar-refractivity contribution in [3.8, 4) is 5.75 Å². The standard InChI is InChI=1S/C22H36O/c1-3-5-7-8-9-10-11-12-13-14-15-20-17-18-22(23)21(19-20)16-6-4-2/h4,6,17-19,23H,3,5,7-16H2,1-2H3. The number of aromatic hydroxyl groups is 1. The van der Waals surface area contributed by atoms with Crippen molar-refractivity contribution >= 4 is 0 Å². The molecule has 0 fully saturated rings. The highest BCUT2D eigenvalue weighted by Gasteiger charge is 2.02. The molecule has 0 aliphatic heterocycles. The molecule has 0 aromatic heterocycles. The summed E-state index contributed by atoms with van der Waals surface area (Å²) < 4.78 is 0. The Bertz CT molecular complexity index is 434. The zero-order valence-electron chi connectivity index (χ0n) is 15.3. The number of allylic oxidation sites excluding steroid dienone is 2. The Kier molecular flexibility index (Phi) is 11.4. The van der Waals surface area contributed by atoms with E-state index in [1.165, 1.54) is 69.8 Å². The molecule has 1 heteroatoms. The van der Waals surface area contributed by atoms with Crippen molar-refractivity contribution in [1.29, 1.82) is 0 Å². The van der Waals surface area contributed by atoms with E-state index in [-0.39, 0.29) is 0 Å². The van der Waals surface area contributed by atoms with Crippen LogP contribution in [0.1, 0.15) is 89.2 Å². The minimum Gasteiger partial charge on any atom is -0.508 e. The first kappa shape index (κ1) is 19.8. The van der Waals surface area contributed by atoms with Gasteiger partial charge in [-0.25, -0.2) is 0 Å². The van der Waals surface area contributed by atoms with E-state index in [1.54, 1.807) is 0 Å². The van der Waals surface area contributed by atoms with Crippen molar-refractivity contribution in [2.75, 3.05) is 0 Å². The number of phenols is 1. The number of rotatable bonds is 13. The fourth-order valence-electron chi connectivity index (χ4n) is 3.02. The molecule has 0 amide bonds. The van der Waals surface area contributed by atoms with Crippen LogP contribution in [-0.4, -0.2) is 5.11 Å². The lowest BCUT2D eigenvalue weighted by Gasteiger charge is -2.07. The third kappa shape index (κ3) is 9.48. The predicted octanol–water partition coefficient (Wildman–Crippen LogP) is 6.97. The highest BCUT2D eigenvalue weighted by atomic mass is 16.3. The molecular formula is C22H36O. The van der Waals surface area contributed by atoms with Gasteiger partial charge in [0.1, 0.15) is 5.75 Å². The maximum Gasteiger partial charge on any atom is 0.119 e. The Hall–Kier alpha value is -1.24. The molecule has 0 atom stereocenters. The molecule has 1 N–H and O–H groups in total. The Labute approximate surface area is 143 Å². The number of aryl methyl sites for hydroxylation is 1. The summed E-state index contributed by atoms with van der Waals surface area (Å²) in [4.78, 5) is 0. The van der Waals surface area contributed by atoms with Gasteiger partial charge in [0, 0.05) is 0 Å². The Morgan fingerprint density at radius 1 is 0.870 bits per heavy atom. The first-order chi connectivity index (χ1) is 11.3. The zero-order valence-corrected chi connectivity index (χ0v) is 15.3. The van der Waals surface area contributed by atoms with Gasteiger partial charge in [-0.1, -0.05) is 89.0 Å². The van der Waals surface area contributed by atoms with Gasteiger partial charge in [0.05, 0.1) is 0 Å². The van der Waals surface area contributed by atoms with E-state index in [0.29, 0.717) is 5.75 Å². The van der Waals surface area contributed by atoms with E-state index >= 15 is 0 Å². The number of hydrogen-bond donors (Lipinski definition) is 1. The van der Waals surface area contributed by atoms with Crippen LogP contribution in [0.15, 0.2) is 30.4 Å². The molecule has 1 aromatic carbocycles. The normalized spacial score (nSPS) is 11.4. The van der Waals surface area contributed by atoms with Crippen molar-refractivity contribution < 1.29 is 5.11 Å². The van der Waals surface area contributed by atoms with Crippen LogP contribution >= 0.6 is 0 Å². The SMILES string of the molecule is CC=CCc1cc(CCCCCCCCCCCC)ccc1O. The smallest absolute Gasteiger partial charge is 0.119 e. The molecule has 0 saturated heterocycles. The lowest BCUT2D eigenvalue weighted by molar-refractivity contribution is 0.469. The molecule has 23 heavy (non-hydrogen) atoms. The van der Waals surface area contributed by atoms with Gasteiger partial charge < -0.3 is 5.11 Å². The number of hydrogen-bond acceptors (Lipinski definition) is 1. The molecule has 0 saturated carbocycles. The fourth-order valence-corrected chi connectivity index (χ4v) is 3.02. The van der Waals surface area contributed by atoms with Gasteiger partial charge in [0.2, 0.25) is 0 Å². The van der Waals surface area contributed by atoms with Crippen LogP contribution in [0, 0.1) is 0 Å². The van der Waals surface area contributed by atoms with Gasteiger partial charge in [0.15, 0.2) is 0 Å². The Morgan fingerprint density at radius 2 is 1.48 bits per heavy atom. The van der Waals surface area contributed by atoms with Crippen LogP contribution in [-0.2, 0) is 12.8 Å². The van der Waals surface area contributed by atoms with E-state index in [0.717, 1.165) is 18.4 Å². The molecule has 0 aliphatic carbocycles. The van der Waals surface area contributed by atoms with Gasteiger partial charge in [-0.3, -0.25) is 0 Å². The molecule has 0 radical (unpaired) electrons. The maximum absolute atomic E-state index is 9.87. The summed E-state index contributed by atoms with van der Waals surface area (Å²) in [6, 6.07) is 6.09. The third-order valence-corrected chi connectivity index (χ3v) is 4.54.